The monoisotopic (exact) mass is 271 g/mol. The van der Waals surface area contributed by atoms with Gasteiger partial charge in [-0.3, -0.25) is 4.98 Å². The molecule has 3 nitrogen and oxygen atoms in total. The first-order valence-corrected chi connectivity index (χ1v) is 5.33. The van der Waals surface area contributed by atoms with E-state index in [1.807, 2.05) is 12.3 Å². The molecule has 0 aliphatic heterocycles. The summed E-state index contributed by atoms with van der Waals surface area (Å²) in [6.45, 7) is 0. The molecular weight excluding hydrogens is 265 g/mol. The Kier molecular flexibility index (Phi) is 2.84. The highest BCUT2D eigenvalue weighted by Gasteiger charge is 2.04. The Balaban J connectivity index is 2.50. The molecule has 0 aromatic carbocycles. The maximum atomic E-state index is 5.80. The fourth-order valence-corrected chi connectivity index (χ4v) is 1.67. The third kappa shape index (κ3) is 1.81. The van der Waals surface area contributed by atoms with Crippen LogP contribution in [0.3, 0.4) is 0 Å². The van der Waals surface area contributed by atoms with Crippen LogP contribution in [0.4, 0.5) is 0 Å². The van der Waals surface area contributed by atoms with Gasteiger partial charge in [0.15, 0.2) is 0 Å². The third-order valence-electron chi connectivity index (χ3n) is 1.82. The molecule has 0 aliphatic carbocycles. The van der Waals surface area contributed by atoms with E-state index in [1.54, 1.807) is 23.3 Å². The van der Waals surface area contributed by atoms with Gasteiger partial charge < -0.3 is 0 Å². The van der Waals surface area contributed by atoms with Crippen molar-refractivity contribution in [1.29, 1.82) is 0 Å². The highest BCUT2D eigenvalue weighted by molar-refractivity contribution is 9.10. The van der Waals surface area contributed by atoms with Crippen molar-refractivity contribution in [1.82, 2.24) is 14.8 Å². The fraction of sp³-hybridized carbons (Fsp3) is 0.111. The van der Waals surface area contributed by atoms with Crippen LogP contribution in [-0.2, 0) is 5.88 Å². The van der Waals surface area contributed by atoms with Gasteiger partial charge in [-0.15, -0.1) is 11.6 Å². The van der Waals surface area contributed by atoms with Gasteiger partial charge in [-0.25, -0.2) is 4.68 Å². The fourth-order valence-electron chi connectivity index (χ4n) is 1.18. The van der Waals surface area contributed by atoms with Crippen LogP contribution >= 0.6 is 27.5 Å². The highest BCUT2D eigenvalue weighted by atomic mass is 79.9. The molecule has 2 heterocycles. The van der Waals surface area contributed by atoms with Crippen LogP contribution in [-0.4, -0.2) is 14.8 Å². The normalized spacial score (nSPS) is 10.4. The predicted octanol–water partition coefficient (Wildman–Crippen LogP) is 2.77. The minimum absolute atomic E-state index is 0.431. The molecule has 2 aromatic heterocycles. The van der Waals surface area contributed by atoms with Crippen LogP contribution in [0.1, 0.15) is 5.56 Å². The minimum Gasteiger partial charge on any atom is -0.264 e. The molecule has 72 valence electrons. The van der Waals surface area contributed by atoms with E-state index in [2.05, 4.69) is 26.0 Å². The Morgan fingerprint density at radius 2 is 2.29 bits per heavy atom. The van der Waals surface area contributed by atoms with Crippen LogP contribution in [0.2, 0.25) is 0 Å². The molecule has 2 rings (SSSR count). The molecule has 2 aromatic rings. The molecule has 0 saturated heterocycles. The quantitative estimate of drug-likeness (QED) is 0.787. The van der Waals surface area contributed by atoms with Crippen molar-refractivity contribution in [2.45, 2.75) is 5.88 Å². The zero-order valence-electron chi connectivity index (χ0n) is 7.19. The largest absolute Gasteiger partial charge is 0.264 e. The van der Waals surface area contributed by atoms with Crippen molar-refractivity contribution in [3.8, 4) is 5.69 Å². The van der Waals surface area contributed by atoms with E-state index in [4.69, 9.17) is 11.6 Å². The summed E-state index contributed by atoms with van der Waals surface area (Å²) in [6, 6.07) is 1.89. The van der Waals surface area contributed by atoms with Crippen molar-refractivity contribution >= 4 is 27.5 Å². The Labute approximate surface area is 94.9 Å². The van der Waals surface area contributed by atoms with Gasteiger partial charge >= 0.3 is 0 Å². The average Bonchev–Trinajstić information content (AvgIpc) is 2.65. The van der Waals surface area contributed by atoms with Gasteiger partial charge in [-0.2, -0.15) is 5.10 Å². The van der Waals surface area contributed by atoms with E-state index >= 15 is 0 Å². The number of pyridine rings is 1. The number of rotatable bonds is 2. The molecule has 0 spiro atoms. The van der Waals surface area contributed by atoms with Gasteiger partial charge in [0.05, 0.1) is 22.2 Å². The topological polar surface area (TPSA) is 30.7 Å². The molecule has 0 radical (unpaired) electrons. The van der Waals surface area contributed by atoms with Crippen LogP contribution in [0, 0.1) is 0 Å². The lowest BCUT2D eigenvalue weighted by Gasteiger charge is -2.04. The summed E-state index contributed by atoms with van der Waals surface area (Å²) >= 11 is 9.14. The van der Waals surface area contributed by atoms with E-state index in [1.165, 1.54) is 0 Å². The minimum atomic E-state index is 0.431. The lowest BCUT2D eigenvalue weighted by Crippen LogP contribution is -1.98. The molecule has 0 fully saturated rings. The zero-order chi connectivity index (χ0) is 9.97. The maximum Gasteiger partial charge on any atom is 0.0720 e. The summed E-state index contributed by atoms with van der Waals surface area (Å²) in [5, 5.41) is 4.18. The van der Waals surface area contributed by atoms with Crippen LogP contribution < -0.4 is 0 Å². The molecule has 0 N–H and O–H groups in total. The highest BCUT2D eigenvalue weighted by Crippen LogP contribution is 2.16. The second-order valence-corrected chi connectivity index (χ2v) is 3.92. The SMILES string of the molecule is ClCc1cnccc1-n1cc(Br)cn1. The molecule has 0 atom stereocenters. The van der Waals surface area contributed by atoms with Crippen molar-refractivity contribution in [2.75, 3.05) is 0 Å². The predicted molar refractivity (Wildman–Crippen MR) is 58.6 cm³/mol. The number of hydrogen-bond acceptors (Lipinski definition) is 2. The Morgan fingerprint density at radius 1 is 1.43 bits per heavy atom. The Bertz CT molecular complexity index is 441. The van der Waals surface area contributed by atoms with Crippen LogP contribution in [0.25, 0.3) is 5.69 Å². The van der Waals surface area contributed by atoms with Gasteiger partial charge in [-0.05, 0) is 22.0 Å². The lowest BCUT2D eigenvalue weighted by molar-refractivity contribution is 0.867. The summed E-state index contributed by atoms with van der Waals surface area (Å²) < 4.78 is 2.71. The number of hydrogen-bond donors (Lipinski definition) is 0. The maximum absolute atomic E-state index is 5.80. The summed E-state index contributed by atoms with van der Waals surface area (Å²) in [5.41, 5.74) is 1.92. The Hall–Kier alpha value is -0.870. The van der Waals surface area contributed by atoms with Crippen LogP contribution in [0.15, 0.2) is 35.3 Å². The number of aromatic nitrogens is 3. The molecule has 0 saturated carbocycles. The molecule has 0 aliphatic rings. The van der Waals surface area contributed by atoms with Crippen molar-refractivity contribution in [3.63, 3.8) is 0 Å². The van der Waals surface area contributed by atoms with Gasteiger partial charge in [0.25, 0.3) is 0 Å². The lowest BCUT2D eigenvalue weighted by atomic mass is 10.2. The summed E-state index contributed by atoms with van der Waals surface area (Å²) in [5.74, 6) is 0.431. The number of halogens is 2. The van der Waals surface area contributed by atoms with Crippen molar-refractivity contribution in [2.24, 2.45) is 0 Å². The van der Waals surface area contributed by atoms with Gasteiger partial charge in [0.2, 0.25) is 0 Å². The molecule has 0 amide bonds. The first kappa shape index (κ1) is 9.68. The summed E-state index contributed by atoms with van der Waals surface area (Å²) in [7, 11) is 0. The second-order valence-electron chi connectivity index (χ2n) is 2.74. The standard InChI is InChI=1S/C9H7BrClN3/c10-8-5-13-14(6-8)9-1-2-12-4-7(9)3-11/h1-2,4-6H,3H2. The molecule has 0 bridgehead atoms. The van der Waals surface area contributed by atoms with Gasteiger partial charge in [-0.1, -0.05) is 0 Å². The molecule has 5 heteroatoms. The van der Waals surface area contributed by atoms with E-state index < -0.39 is 0 Å². The molecule has 0 unspecified atom stereocenters. The first-order chi connectivity index (χ1) is 6.81. The summed E-state index contributed by atoms with van der Waals surface area (Å²) in [4.78, 5) is 4.01. The third-order valence-corrected chi connectivity index (χ3v) is 2.52. The van der Waals surface area contributed by atoms with Crippen LogP contribution in [0.5, 0.6) is 0 Å². The second kappa shape index (κ2) is 4.11. The van der Waals surface area contributed by atoms with Gasteiger partial charge in [0, 0.05) is 24.2 Å². The van der Waals surface area contributed by atoms with E-state index in [9.17, 15) is 0 Å². The zero-order valence-corrected chi connectivity index (χ0v) is 9.53. The summed E-state index contributed by atoms with van der Waals surface area (Å²) in [6.07, 6.45) is 7.09. The first-order valence-electron chi connectivity index (χ1n) is 4.00. The molecule has 14 heavy (non-hydrogen) atoms. The average molecular weight is 273 g/mol. The number of alkyl halides is 1. The number of nitrogens with zero attached hydrogens (tertiary/aromatic N) is 3. The van der Waals surface area contributed by atoms with E-state index in [-0.39, 0.29) is 0 Å². The van der Waals surface area contributed by atoms with Crippen molar-refractivity contribution in [3.05, 3.63) is 40.9 Å². The van der Waals surface area contributed by atoms with E-state index in [0.29, 0.717) is 5.88 Å². The van der Waals surface area contributed by atoms with E-state index in [0.717, 1.165) is 15.7 Å². The Morgan fingerprint density at radius 3 is 2.93 bits per heavy atom. The smallest absolute Gasteiger partial charge is 0.0720 e. The van der Waals surface area contributed by atoms with Crippen molar-refractivity contribution < 1.29 is 0 Å². The van der Waals surface area contributed by atoms with Gasteiger partial charge in [0.1, 0.15) is 0 Å². The molecular formula is C9H7BrClN3.